The van der Waals surface area contributed by atoms with Crippen molar-refractivity contribution in [2.75, 3.05) is 6.61 Å². The molecule has 1 unspecified atom stereocenters. The van der Waals surface area contributed by atoms with E-state index in [1.807, 2.05) is 18.2 Å². The maximum atomic E-state index is 11.1. The Labute approximate surface area is 155 Å². The van der Waals surface area contributed by atoms with Crippen LogP contribution in [-0.4, -0.2) is 18.6 Å². The van der Waals surface area contributed by atoms with Gasteiger partial charge in [0.05, 0.1) is 6.61 Å². The summed E-state index contributed by atoms with van der Waals surface area (Å²) in [7, 11) is 0. The Kier molecular flexibility index (Phi) is 16.5. The van der Waals surface area contributed by atoms with Gasteiger partial charge in [-0.25, -0.2) is 0 Å². The molecule has 3 nitrogen and oxygen atoms in total. The number of aryl methyl sites for hydroxylation is 1. The first-order chi connectivity index (χ1) is 12.1. The van der Waals surface area contributed by atoms with Crippen molar-refractivity contribution in [1.82, 2.24) is 0 Å². The van der Waals surface area contributed by atoms with Crippen LogP contribution in [0.3, 0.4) is 0 Å². The molecule has 25 heavy (non-hydrogen) atoms. The summed E-state index contributed by atoms with van der Waals surface area (Å²) in [6.45, 7) is 6.51. The van der Waals surface area contributed by atoms with Crippen molar-refractivity contribution in [3.8, 4) is 0 Å². The number of hydrogen-bond acceptors (Lipinski definition) is 3. The SMILES string of the molecule is CCCCCCCCCCCCOC(=O)C(C)N.Cc1ccccc1. The first kappa shape index (κ1) is 23.6. The van der Waals surface area contributed by atoms with Gasteiger partial charge in [-0.1, -0.05) is 101 Å². The van der Waals surface area contributed by atoms with Crippen molar-refractivity contribution in [1.29, 1.82) is 0 Å². The number of hydrogen-bond donors (Lipinski definition) is 1. The summed E-state index contributed by atoms with van der Waals surface area (Å²) >= 11 is 0. The number of benzene rings is 1. The fraction of sp³-hybridized carbons (Fsp3) is 0.682. The molecule has 0 saturated carbocycles. The van der Waals surface area contributed by atoms with Crippen molar-refractivity contribution < 1.29 is 9.53 Å². The number of unbranched alkanes of at least 4 members (excludes halogenated alkanes) is 9. The zero-order valence-corrected chi connectivity index (χ0v) is 16.6. The average molecular weight is 350 g/mol. The molecule has 144 valence electrons. The van der Waals surface area contributed by atoms with E-state index in [1.165, 1.54) is 56.9 Å². The molecule has 2 N–H and O–H groups in total. The van der Waals surface area contributed by atoms with E-state index in [0.29, 0.717) is 6.61 Å². The van der Waals surface area contributed by atoms with Crippen LogP contribution in [0.25, 0.3) is 0 Å². The second-order valence-electron chi connectivity index (χ2n) is 6.79. The topological polar surface area (TPSA) is 52.3 Å². The predicted octanol–water partition coefficient (Wildman–Crippen LogP) is 5.79. The van der Waals surface area contributed by atoms with Gasteiger partial charge in [0.2, 0.25) is 0 Å². The largest absolute Gasteiger partial charge is 0.465 e. The van der Waals surface area contributed by atoms with Crippen molar-refractivity contribution in [2.24, 2.45) is 5.73 Å². The molecule has 0 aromatic heterocycles. The third-order valence-corrected chi connectivity index (χ3v) is 4.05. The molecule has 0 bridgehead atoms. The quantitative estimate of drug-likeness (QED) is 0.383. The standard InChI is InChI=1S/C15H31NO2.C7H8/c1-3-4-5-6-7-8-9-10-11-12-13-18-15(17)14(2)16;1-7-5-3-2-4-6-7/h14H,3-13,16H2,1-2H3;2-6H,1H3. The van der Waals surface area contributed by atoms with Crippen LogP contribution in [0.4, 0.5) is 0 Å². The third-order valence-electron chi connectivity index (χ3n) is 4.05. The van der Waals surface area contributed by atoms with E-state index in [2.05, 4.69) is 26.0 Å². The van der Waals surface area contributed by atoms with E-state index in [4.69, 9.17) is 10.5 Å². The van der Waals surface area contributed by atoms with Crippen LogP contribution in [0.15, 0.2) is 30.3 Å². The molecule has 0 spiro atoms. The number of carbonyl (C=O) groups excluding carboxylic acids is 1. The van der Waals surface area contributed by atoms with Crippen LogP contribution in [0.2, 0.25) is 0 Å². The summed E-state index contributed by atoms with van der Waals surface area (Å²) in [5.74, 6) is -0.286. The Morgan fingerprint density at radius 3 is 1.80 bits per heavy atom. The number of ether oxygens (including phenoxy) is 1. The molecule has 0 heterocycles. The molecule has 0 radical (unpaired) electrons. The number of carbonyl (C=O) groups is 1. The second-order valence-corrected chi connectivity index (χ2v) is 6.79. The Hall–Kier alpha value is -1.35. The molecular formula is C22H39NO2. The van der Waals surface area contributed by atoms with Crippen molar-refractivity contribution in [3.05, 3.63) is 35.9 Å². The maximum Gasteiger partial charge on any atom is 0.322 e. The molecule has 1 aromatic rings. The molecule has 0 aliphatic carbocycles. The van der Waals surface area contributed by atoms with E-state index in [-0.39, 0.29) is 5.97 Å². The minimum absolute atomic E-state index is 0.286. The Bertz CT molecular complexity index is 404. The van der Waals surface area contributed by atoms with Gasteiger partial charge in [-0.2, -0.15) is 0 Å². The van der Waals surface area contributed by atoms with Crippen LogP contribution in [-0.2, 0) is 9.53 Å². The lowest BCUT2D eigenvalue weighted by atomic mass is 10.1. The summed E-state index contributed by atoms with van der Waals surface area (Å²) < 4.78 is 5.01. The van der Waals surface area contributed by atoms with Gasteiger partial charge in [-0.3, -0.25) is 4.79 Å². The lowest BCUT2D eigenvalue weighted by Gasteiger charge is -2.06. The van der Waals surface area contributed by atoms with Gasteiger partial charge in [0.25, 0.3) is 0 Å². The molecule has 0 aliphatic heterocycles. The molecule has 1 aromatic carbocycles. The zero-order valence-electron chi connectivity index (χ0n) is 16.6. The second kappa shape index (κ2) is 17.5. The van der Waals surface area contributed by atoms with E-state index >= 15 is 0 Å². The highest BCUT2D eigenvalue weighted by Gasteiger charge is 2.07. The molecule has 1 atom stereocenters. The summed E-state index contributed by atoms with van der Waals surface area (Å²) in [5, 5.41) is 0. The number of rotatable bonds is 12. The smallest absolute Gasteiger partial charge is 0.322 e. The molecule has 0 saturated heterocycles. The molecule has 3 heteroatoms. The molecular weight excluding hydrogens is 310 g/mol. The third kappa shape index (κ3) is 17.3. The Balaban J connectivity index is 0.000000676. The normalized spacial score (nSPS) is 11.4. The Morgan fingerprint density at radius 2 is 1.40 bits per heavy atom. The first-order valence-electron chi connectivity index (χ1n) is 10.0. The highest BCUT2D eigenvalue weighted by atomic mass is 16.5. The summed E-state index contributed by atoms with van der Waals surface area (Å²) in [6, 6.07) is 9.77. The van der Waals surface area contributed by atoms with Gasteiger partial charge in [-0.15, -0.1) is 0 Å². The van der Waals surface area contributed by atoms with Crippen LogP contribution >= 0.6 is 0 Å². The van der Waals surface area contributed by atoms with Crippen LogP contribution in [0.5, 0.6) is 0 Å². The van der Waals surface area contributed by atoms with Gasteiger partial charge in [0, 0.05) is 0 Å². The first-order valence-corrected chi connectivity index (χ1v) is 10.0. The molecule has 0 amide bonds. The highest BCUT2D eigenvalue weighted by Crippen LogP contribution is 2.10. The van der Waals surface area contributed by atoms with E-state index in [9.17, 15) is 4.79 Å². The van der Waals surface area contributed by atoms with Crippen molar-refractivity contribution in [3.63, 3.8) is 0 Å². The minimum Gasteiger partial charge on any atom is -0.465 e. The summed E-state index contributed by atoms with van der Waals surface area (Å²) in [4.78, 5) is 11.1. The average Bonchev–Trinajstić information content (AvgIpc) is 2.60. The van der Waals surface area contributed by atoms with Gasteiger partial charge < -0.3 is 10.5 Å². The summed E-state index contributed by atoms with van der Waals surface area (Å²) in [6.07, 6.45) is 12.9. The number of nitrogens with two attached hydrogens (primary N) is 1. The van der Waals surface area contributed by atoms with Gasteiger partial charge >= 0.3 is 5.97 Å². The lowest BCUT2D eigenvalue weighted by molar-refractivity contribution is -0.144. The molecule has 1 rings (SSSR count). The van der Waals surface area contributed by atoms with Crippen molar-refractivity contribution >= 4 is 5.97 Å². The van der Waals surface area contributed by atoms with E-state index in [0.717, 1.165) is 12.8 Å². The predicted molar refractivity (Wildman–Crippen MR) is 108 cm³/mol. The molecule has 0 aliphatic rings. The summed E-state index contributed by atoms with van der Waals surface area (Å²) in [5.41, 5.74) is 6.71. The zero-order chi connectivity index (χ0) is 18.8. The molecule has 0 fully saturated rings. The van der Waals surface area contributed by atoms with E-state index in [1.54, 1.807) is 6.92 Å². The monoisotopic (exact) mass is 349 g/mol. The fourth-order valence-electron chi connectivity index (χ4n) is 2.43. The highest BCUT2D eigenvalue weighted by molar-refractivity contribution is 5.74. The van der Waals surface area contributed by atoms with E-state index < -0.39 is 6.04 Å². The fourth-order valence-corrected chi connectivity index (χ4v) is 2.43. The van der Waals surface area contributed by atoms with Crippen LogP contribution in [0, 0.1) is 6.92 Å². The van der Waals surface area contributed by atoms with Crippen molar-refractivity contribution in [2.45, 2.75) is 91.0 Å². The van der Waals surface area contributed by atoms with Gasteiger partial charge in [0.1, 0.15) is 6.04 Å². The van der Waals surface area contributed by atoms with Gasteiger partial charge in [0.15, 0.2) is 0 Å². The maximum absolute atomic E-state index is 11.1. The van der Waals surface area contributed by atoms with Gasteiger partial charge in [-0.05, 0) is 20.3 Å². The Morgan fingerprint density at radius 1 is 0.920 bits per heavy atom. The van der Waals surface area contributed by atoms with Crippen LogP contribution in [0.1, 0.15) is 83.6 Å². The van der Waals surface area contributed by atoms with Crippen LogP contribution < -0.4 is 5.73 Å². The number of esters is 1. The minimum atomic E-state index is -0.492. The lowest BCUT2D eigenvalue weighted by Crippen LogP contribution is -2.28.